The lowest BCUT2D eigenvalue weighted by Gasteiger charge is -2.41. The van der Waals surface area contributed by atoms with E-state index in [0.29, 0.717) is 37.7 Å². The third-order valence-corrected chi connectivity index (χ3v) is 7.02. The van der Waals surface area contributed by atoms with Gasteiger partial charge >= 0.3 is 0 Å². The summed E-state index contributed by atoms with van der Waals surface area (Å²) < 4.78 is 33.4. The van der Waals surface area contributed by atoms with Crippen LogP contribution in [-0.2, 0) is 10.0 Å². The molecule has 1 atom stereocenters. The minimum Gasteiger partial charge on any atom is -0.494 e. The van der Waals surface area contributed by atoms with E-state index in [-0.39, 0.29) is 22.7 Å². The number of ether oxygens (including phenoxy) is 1. The number of anilines is 2. The molecule has 4 rings (SSSR count). The summed E-state index contributed by atoms with van der Waals surface area (Å²) in [6.07, 6.45) is 0. The summed E-state index contributed by atoms with van der Waals surface area (Å²) in [6.45, 7) is 8.26. The fraction of sp³-hybridized carbons (Fsp3) is 0.333. The monoisotopic (exact) mass is 483 g/mol. The van der Waals surface area contributed by atoms with E-state index in [1.54, 1.807) is 29.2 Å². The standard InChI is InChI=1S/C24H29N5O4S/c1-4-33-21-10-8-19(9-11-21)27-34(31,32)23-15-22(25-26-23)24(30)28-12-13-29(18(3)16-28)20-7-5-6-17(2)14-20/h5-11,14-15,18,27H,4,12-13,16H2,1-3H3,(H,25,26)/t18-/m0/s1. The number of hydrogen-bond acceptors (Lipinski definition) is 6. The number of nitrogens with one attached hydrogen (secondary N) is 2. The van der Waals surface area contributed by atoms with Crippen molar-refractivity contribution in [3.05, 3.63) is 65.9 Å². The molecular formula is C24H29N5O4S. The van der Waals surface area contributed by atoms with Crippen LogP contribution >= 0.6 is 0 Å². The van der Waals surface area contributed by atoms with Gasteiger partial charge in [-0.2, -0.15) is 13.5 Å². The molecule has 9 nitrogen and oxygen atoms in total. The molecule has 0 spiro atoms. The number of benzene rings is 2. The van der Waals surface area contributed by atoms with Crippen molar-refractivity contribution in [3.8, 4) is 5.75 Å². The molecule has 0 aliphatic carbocycles. The molecule has 1 aliphatic rings. The molecule has 1 amide bonds. The van der Waals surface area contributed by atoms with Crippen LogP contribution in [0.3, 0.4) is 0 Å². The molecule has 2 aromatic carbocycles. The number of H-pyrrole nitrogens is 1. The van der Waals surface area contributed by atoms with Gasteiger partial charge in [0.2, 0.25) is 0 Å². The number of carbonyl (C=O) groups is 1. The summed E-state index contributed by atoms with van der Waals surface area (Å²) in [5.74, 6) is 0.353. The maximum absolute atomic E-state index is 13.0. The number of aromatic nitrogens is 2. The Hall–Kier alpha value is -3.53. The molecule has 1 aromatic heterocycles. The average molecular weight is 484 g/mol. The summed E-state index contributed by atoms with van der Waals surface area (Å²) in [6, 6.07) is 16.3. The number of amides is 1. The van der Waals surface area contributed by atoms with E-state index in [1.807, 2.05) is 13.0 Å². The number of carbonyl (C=O) groups excluding carboxylic acids is 1. The van der Waals surface area contributed by atoms with Gasteiger partial charge in [0.15, 0.2) is 10.7 Å². The van der Waals surface area contributed by atoms with Crippen molar-refractivity contribution in [1.82, 2.24) is 15.1 Å². The summed E-state index contributed by atoms with van der Waals surface area (Å²) in [5.41, 5.74) is 2.77. The molecule has 0 bridgehead atoms. The first-order chi connectivity index (χ1) is 16.3. The predicted molar refractivity (Wildman–Crippen MR) is 131 cm³/mol. The first kappa shape index (κ1) is 23.6. The highest BCUT2D eigenvalue weighted by Crippen LogP contribution is 2.23. The normalized spacial score (nSPS) is 16.4. The first-order valence-electron chi connectivity index (χ1n) is 11.2. The van der Waals surface area contributed by atoms with Gasteiger partial charge in [0.1, 0.15) is 5.75 Å². The molecule has 0 saturated carbocycles. The third kappa shape index (κ3) is 5.17. The number of aromatic amines is 1. The largest absolute Gasteiger partial charge is 0.494 e. The lowest BCUT2D eigenvalue weighted by atomic mass is 10.1. The van der Waals surface area contributed by atoms with Gasteiger partial charge in [-0.1, -0.05) is 12.1 Å². The Kier molecular flexibility index (Phi) is 6.78. The molecule has 1 aliphatic heterocycles. The summed E-state index contributed by atoms with van der Waals surface area (Å²) >= 11 is 0. The van der Waals surface area contributed by atoms with Crippen molar-refractivity contribution in [1.29, 1.82) is 0 Å². The molecule has 34 heavy (non-hydrogen) atoms. The van der Waals surface area contributed by atoms with Crippen LogP contribution in [0.1, 0.15) is 29.9 Å². The molecule has 2 N–H and O–H groups in total. The fourth-order valence-corrected chi connectivity index (χ4v) is 5.03. The number of sulfonamides is 1. The SMILES string of the molecule is CCOc1ccc(NS(=O)(=O)c2cc(C(=O)N3CCN(c4cccc(C)c4)[C@@H](C)C3)n[nH]2)cc1. The maximum atomic E-state index is 13.0. The second-order valence-corrected chi connectivity index (χ2v) is 9.96. The Labute approximate surface area is 199 Å². The van der Waals surface area contributed by atoms with Crippen molar-refractivity contribution in [2.24, 2.45) is 0 Å². The first-order valence-corrected chi connectivity index (χ1v) is 12.7. The van der Waals surface area contributed by atoms with Crippen molar-refractivity contribution < 1.29 is 17.9 Å². The van der Waals surface area contributed by atoms with E-state index in [1.165, 1.54) is 11.6 Å². The van der Waals surface area contributed by atoms with Gasteiger partial charge in [-0.25, -0.2) is 0 Å². The van der Waals surface area contributed by atoms with Crippen molar-refractivity contribution in [3.63, 3.8) is 0 Å². The van der Waals surface area contributed by atoms with Crippen molar-refractivity contribution >= 4 is 27.3 Å². The van der Waals surface area contributed by atoms with E-state index < -0.39 is 10.0 Å². The minimum atomic E-state index is -3.93. The predicted octanol–water partition coefficient (Wildman–Crippen LogP) is 3.27. The van der Waals surface area contributed by atoms with Gasteiger partial charge in [-0.05, 0) is 62.7 Å². The van der Waals surface area contributed by atoms with Crippen LogP contribution in [0.15, 0.2) is 59.6 Å². The van der Waals surface area contributed by atoms with Gasteiger partial charge in [-0.15, -0.1) is 0 Å². The van der Waals surface area contributed by atoms with Crippen molar-refractivity contribution in [2.45, 2.75) is 31.8 Å². The second-order valence-electron chi connectivity index (χ2n) is 8.31. The smallest absolute Gasteiger partial charge is 0.278 e. The molecular weight excluding hydrogens is 454 g/mol. The number of hydrogen-bond donors (Lipinski definition) is 2. The van der Waals surface area contributed by atoms with Crippen LogP contribution in [0, 0.1) is 6.92 Å². The van der Waals surface area contributed by atoms with E-state index >= 15 is 0 Å². The number of piperazine rings is 1. The van der Waals surface area contributed by atoms with Crippen LogP contribution in [0.25, 0.3) is 0 Å². The second kappa shape index (κ2) is 9.76. The molecule has 3 aromatic rings. The summed E-state index contributed by atoms with van der Waals surface area (Å²) in [7, 11) is -3.93. The van der Waals surface area contributed by atoms with Crippen LogP contribution in [0.2, 0.25) is 0 Å². The Morgan fingerprint density at radius 3 is 2.62 bits per heavy atom. The number of aryl methyl sites for hydroxylation is 1. The zero-order valence-corrected chi connectivity index (χ0v) is 20.3. The van der Waals surface area contributed by atoms with E-state index in [4.69, 9.17) is 4.74 Å². The maximum Gasteiger partial charge on any atom is 0.278 e. The fourth-order valence-electron chi connectivity index (χ4n) is 4.04. The summed E-state index contributed by atoms with van der Waals surface area (Å²) in [5, 5.41) is 6.30. The molecule has 2 heterocycles. The van der Waals surface area contributed by atoms with Crippen molar-refractivity contribution in [2.75, 3.05) is 35.9 Å². The highest BCUT2D eigenvalue weighted by Gasteiger charge is 2.29. The number of rotatable bonds is 7. The van der Waals surface area contributed by atoms with Gasteiger partial charge in [-0.3, -0.25) is 14.6 Å². The van der Waals surface area contributed by atoms with Gasteiger partial charge < -0.3 is 14.5 Å². The molecule has 1 fully saturated rings. The molecule has 0 unspecified atom stereocenters. The van der Waals surface area contributed by atoms with Gasteiger partial charge in [0.25, 0.3) is 15.9 Å². The molecule has 1 saturated heterocycles. The molecule has 180 valence electrons. The molecule has 10 heteroatoms. The van der Waals surface area contributed by atoms with Crippen LogP contribution in [-0.4, -0.2) is 61.7 Å². The van der Waals surface area contributed by atoms with Gasteiger partial charge in [0.05, 0.1) is 6.61 Å². The molecule has 0 radical (unpaired) electrons. The van der Waals surface area contributed by atoms with E-state index in [0.717, 1.165) is 5.69 Å². The Bertz CT molecular complexity index is 1260. The Morgan fingerprint density at radius 1 is 1.18 bits per heavy atom. The van der Waals surface area contributed by atoms with E-state index in [9.17, 15) is 13.2 Å². The highest BCUT2D eigenvalue weighted by atomic mass is 32.2. The summed E-state index contributed by atoms with van der Waals surface area (Å²) in [4.78, 5) is 17.0. The van der Waals surface area contributed by atoms with Crippen LogP contribution < -0.4 is 14.4 Å². The Morgan fingerprint density at radius 2 is 1.94 bits per heavy atom. The minimum absolute atomic E-state index is 0.0725. The quantitative estimate of drug-likeness (QED) is 0.534. The third-order valence-electron chi connectivity index (χ3n) is 5.73. The lowest BCUT2D eigenvalue weighted by molar-refractivity contribution is 0.0720. The van der Waals surface area contributed by atoms with E-state index in [2.05, 4.69) is 51.9 Å². The van der Waals surface area contributed by atoms with Gasteiger partial charge in [0, 0.05) is 43.1 Å². The zero-order chi connectivity index (χ0) is 24.3. The number of nitrogens with zero attached hydrogens (tertiary/aromatic N) is 3. The Balaban J connectivity index is 1.42. The lowest BCUT2D eigenvalue weighted by Crippen LogP contribution is -2.53. The topological polar surface area (TPSA) is 108 Å². The highest BCUT2D eigenvalue weighted by molar-refractivity contribution is 7.92. The zero-order valence-electron chi connectivity index (χ0n) is 19.5. The van der Waals surface area contributed by atoms with Crippen LogP contribution in [0.4, 0.5) is 11.4 Å². The average Bonchev–Trinajstić information content (AvgIpc) is 3.31. The van der Waals surface area contributed by atoms with Crippen LogP contribution in [0.5, 0.6) is 5.75 Å².